The monoisotopic (exact) mass is 442 g/mol. The first-order valence-electron chi connectivity index (χ1n) is 9.66. The van der Waals surface area contributed by atoms with Gasteiger partial charge in [0.1, 0.15) is 5.72 Å². The second kappa shape index (κ2) is 8.89. The zero-order chi connectivity index (χ0) is 22.7. The maximum atomic E-state index is 13.2. The van der Waals surface area contributed by atoms with Gasteiger partial charge in [-0.15, -0.1) is 0 Å². The van der Waals surface area contributed by atoms with E-state index in [0.717, 1.165) is 12.8 Å². The van der Waals surface area contributed by atoms with Crippen molar-refractivity contribution in [3.63, 3.8) is 0 Å². The lowest BCUT2D eigenvalue weighted by atomic mass is 9.90. The average Bonchev–Trinajstić information content (AvgIpc) is 2.73. The van der Waals surface area contributed by atoms with Gasteiger partial charge in [0.2, 0.25) is 0 Å². The summed E-state index contributed by atoms with van der Waals surface area (Å²) in [5, 5.41) is 9.24. The number of nitriles is 1. The van der Waals surface area contributed by atoms with Crippen LogP contribution >= 0.6 is 0 Å². The average molecular weight is 442 g/mol. The summed E-state index contributed by atoms with van der Waals surface area (Å²) in [4.78, 5) is 1.78. The van der Waals surface area contributed by atoms with Crippen LogP contribution in [-0.2, 0) is 29.4 Å². The van der Waals surface area contributed by atoms with Gasteiger partial charge in [0.15, 0.2) is 0 Å². The molecule has 2 aromatic carbocycles. The number of rotatable bonds is 5. The van der Waals surface area contributed by atoms with Crippen LogP contribution in [0.3, 0.4) is 0 Å². The van der Waals surface area contributed by atoms with Gasteiger partial charge in [0, 0.05) is 6.54 Å². The predicted molar refractivity (Wildman–Crippen MR) is 100 cm³/mol. The molecule has 0 bridgehead atoms. The lowest BCUT2D eigenvalue weighted by Crippen LogP contribution is -2.51. The van der Waals surface area contributed by atoms with Crippen molar-refractivity contribution < 1.29 is 31.1 Å². The van der Waals surface area contributed by atoms with Gasteiger partial charge in [0.25, 0.3) is 0 Å². The summed E-state index contributed by atoms with van der Waals surface area (Å²) in [5.74, 6) is 0. The van der Waals surface area contributed by atoms with E-state index in [1.807, 2.05) is 0 Å². The summed E-state index contributed by atoms with van der Waals surface area (Å²) < 4.78 is 85.2. The molecule has 0 spiro atoms. The van der Waals surface area contributed by atoms with Crippen molar-refractivity contribution in [2.24, 2.45) is 0 Å². The number of benzene rings is 2. The van der Waals surface area contributed by atoms with E-state index in [1.165, 1.54) is 0 Å². The van der Waals surface area contributed by atoms with Crippen LogP contribution in [0.1, 0.15) is 41.5 Å². The highest BCUT2D eigenvalue weighted by molar-refractivity contribution is 5.33. The number of nitrogens with zero attached hydrogens (tertiary/aromatic N) is 2. The van der Waals surface area contributed by atoms with Crippen LogP contribution in [0.15, 0.2) is 48.5 Å². The van der Waals surface area contributed by atoms with Crippen molar-refractivity contribution in [2.45, 2.75) is 43.9 Å². The lowest BCUT2D eigenvalue weighted by Gasteiger charge is -2.46. The Morgan fingerprint density at radius 1 is 0.935 bits per heavy atom. The van der Waals surface area contributed by atoms with Gasteiger partial charge in [-0.05, 0) is 48.6 Å². The molecule has 2 aromatic rings. The van der Waals surface area contributed by atoms with Crippen LogP contribution in [0, 0.1) is 11.3 Å². The number of hydrogen-bond donors (Lipinski definition) is 0. The predicted octanol–water partition coefficient (Wildman–Crippen LogP) is 6.10. The SMILES string of the molecule is N#CCN1CCCCC1(OCc1cc(C(F)(F)F)cc(C(F)(F)F)c1)c1ccccc1. The molecule has 0 amide bonds. The van der Waals surface area contributed by atoms with Gasteiger partial charge in [-0.2, -0.15) is 31.6 Å². The van der Waals surface area contributed by atoms with Crippen LogP contribution in [0.25, 0.3) is 0 Å². The molecule has 1 atom stereocenters. The Morgan fingerprint density at radius 3 is 2.10 bits per heavy atom. The van der Waals surface area contributed by atoms with E-state index in [1.54, 1.807) is 35.2 Å². The molecule has 3 rings (SSSR count). The topological polar surface area (TPSA) is 36.3 Å². The Kier molecular flexibility index (Phi) is 6.62. The molecule has 0 saturated carbocycles. The third-order valence-electron chi connectivity index (χ3n) is 5.32. The Labute approximate surface area is 175 Å². The highest BCUT2D eigenvalue weighted by atomic mass is 19.4. The fourth-order valence-electron chi connectivity index (χ4n) is 3.88. The Balaban J connectivity index is 2.00. The minimum Gasteiger partial charge on any atom is -0.351 e. The van der Waals surface area contributed by atoms with Gasteiger partial charge in [-0.3, -0.25) is 4.90 Å². The van der Waals surface area contributed by atoms with E-state index >= 15 is 0 Å². The van der Waals surface area contributed by atoms with Crippen molar-refractivity contribution in [3.05, 3.63) is 70.8 Å². The van der Waals surface area contributed by atoms with E-state index in [4.69, 9.17) is 4.74 Å². The van der Waals surface area contributed by atoms with Gasteiger partial charge in [0.05, 0.1) is 30.3 Å². The zero-order valence-electron chi connectivity index (χ0n) is 16.4. The molecule has 1 aliphatic rings. The number of likely N-dealkylation sites (tertiary alicyclic amines) is 1. The standard InChI is InChI=1S/C22H20F6N2O/c23-21(24,25)18-12-16(13-19(14-18)22(26,27)28)15-31-20(17-6-2-1-3-7-17)8-4-5-10-30(20)11-9-29/h1-3,6-7,12-14H,4-5,8,10-11,15H2. The molecule has 166 valence electrons. The van der Waals surface area contributed by atoms with Gasteiger partial charge in [-0.25, -0.2) is 0 Å². The quantitative estimate of drug-likeness (QED) is 0.415. The fraction of sp³-hybridized carbons (Fsp3) is 0.409. The Hall–Kier alpha value is -2.57. The van der Waals surface area contributed by atoms with Crippen molar-refractivity contribution in [3.8, 4) is 6.07 Å². The number of hydrogen-bond acceptors (Lipinski definition) is 3. The molecule has 1 saturated heterocycles. The molecule has 1 fully saturated rings. The van der Waals surface area contributed by atoms with Crippen molar-refractivity contribution in [2.75, 3.05) is 13.1 Å². The molecule has 3 nitrogen and oxygen atoms in total. The summed E-state index contributed by atoms with van der Waals surface area (Å²) in [7, 11) is 0. The first-order chi connectivity index (χ1) is 14.6. The molecule has 1 heterocycles. The van der Waals surface area contributed by atoms with E-state index in [2.05, 4.69) is 6.07 Å². The van der Waals surface area contributed by atoms with Gasteiger partial charge in [-0.1, -0.05) is 30.3 Å². The maximum absolute atomic E-state index is 13.2. The van der Waals surface area contributed by atoms with E-state index in [-0.39, 0.29) is 18.2 Å². The van der Waals surface area contributed by atoms with E-state index in [0.29, 0.717) is 30.7 Å². The summed E-state index contributed by atoms with van der Waals surface area (Å²) in [6, 6.07) is 12.4. The van der Waals surface area contributed by atoms with Crippen molar-refractivity contribution in [1.82, 2.24) is 4.90 Å². The lowest BCUT2D eigenvalue weighted by molar-refractivity contribution is -0.187. The van der Waals surface area contributed by atoms with Crippen LogP contribution in [0.5, 0.6) is 0 Å². The number of alkyl halides is 6. The molecule has 9 heteroatoms. The van der Waals surface area contributed by atoms with Crippen LogP contribution in [-0.4, -0.2) is 18.0 Å². The summed E-state index contributed by atoms with van der Waals surface area (Å²) in [6.45, 7) is 0.0773. The number of halogens is 6. The Morgan fingerprint density at radius 2 is 1.55 bits per heavy atom. The fourth-order valence-corrected chi connectivity index (χ4v) is 3.88. The van der Waals surface area contributed by atoms with Crippen molar-refractivity contribution >= 4 is 0 Å². The Bertz CT molecular complexity index is 903. The van der Waals surface area contributed by atoms with Crippen LogP contribution in [0.4, 0.5) is 26.3 Å². The highest BCUT2D eigenvalue weighted by Gasteiger charge is 2.42. The molecule has 1 unspecified atom stereocenters. The smallest absolute Gasteiger partial charge is 0.351 e. The minimum atomic E-state index is -4.93. The highest BCUT2D eigenvalue weighted by Crippen LogP contribution is 2.41. The second-order valence-electron chi connectivity index (χ2n) is 7.39. The van der Waals surface area contributed by atoms with Crippen LogP contribution in [0.2, 0.25) is 0 Å². The minimum absolute atomic E-state index is 0.0191. The third kappa shape index (κ3) is 5.20. The van der Waals surface area contributed by atoms with E-state index in [9.17, 15) is 31.6 Å². The molecule has 0 aliphatic carbocycles. The van der Waals surface area contributed by atoms with E-state index < -0.39 is 35.8 Å². The van der Waals surface area contributed by atoms with Gasteiger partial charge >= 0.3 is 12.4 Å². The molecule has 0 aromatic heterocycles. The first-order valence-corrected chi connectivity index (χ1v) is 9.66. The molecular weight excluding hydrogens is 422 g/mol. The summed E-state index contributed by atoms with van der Waals surface area (Å²) >= 11 is 0. The molecule has 31 heavy (non-hydrogen) atoms. The molecule has 1 aliphatic heterocycles. The molecule has 0 N–H and O–H groups in total. The zero-order valence-corrected chi connectivity index (χ0v) is 16.4. The normalized spacial score (nSPS) is 20.4. The number of ether oxygens (including phenoxy) is 1. The molecular formula is C22H20F6N2O. The number of piperidine rings is 1. The summed E-state index contributed by atoms with van der Waals surface area (Å²) in [6.07, 6.45) is -7.84. The van der Waals surface area contributed by atoms with Crippen molar-refractivity contribution in [1.29, 1.82) is 5.26 Å². The maximum Gasteiger partial charge on any atom is 0.416 e. The summed E-state index contributed by atoms with van der Waals surface area (Å²) in [5.41, 5.74) is -3.41. The first kappa shape index (κ1) is 23.1. The van der Waals surface area contributed by atoms with Gasteiger partial charge < -0.3 is 4.74 Å². The second-order valence-corrected chi connectivity index (χ2v) is 7.39. The third-order valence-corrected chi connectivity index (χ3v) is 5.32. The largest absolute Gasteiger partial charge is 0.416 e. The van der Waals surface area contributed by atoms with Crippen LogP contribution < -0.4 is 0 Å². The molecule has 0 radical (unpaired) electrons.